The molecular weight excluding hydrogens is 312 g/mol. The molecule has 5 nitrogen and oxygen atoms in total. The summed E-state index contributed by atoms with van der Waals surface area (Å²) in [7, 11) is 0. The van der Waals surface area contributed by atoms with Crippen LogP contribution in [0.1, 0.15) is 36.8 Å². The fourth-order valence-corrected chi connectivity index (χ4v) is 3.51. The molecule has 138 valence electrons. The van der Waals surface area contributed by atoms with Crippen molar-refractivity contribution in [3.05, 3.63) is 35.4 Å². The van der Waals surface area contributed by atoms with Crippen molar-refractivity contribution < 1.29 is 4.74 Å². The number of guanidine groups is 1. The number of morpholine rings is 1. The van der Waals surface area contributed by atoms with Crippen molar-refractivity contribution in [1.82, 2.24) is 15.5 Å². The van der Waals surface area contributed by atoms with E-state index in [1.807, 2.05) is 0 Å². The second-order valence-electron chi connectivity index (χ2n) is 7.02. The van der Waals surface area contributed by atoms with E-state index in [0.717, 1.165) is 58.3 Å². The van der Waals surface area contributed by atoms with E-state index in [4.69, 9.17) is 9.73 Å². The lowest BCUT2D eigenvalue weighted by molar-refractivity contribution is 0.0377. The molecule has 0 radical (unpaired) electrons. The highest BCUT2D eigenvalue weighted by Crippen LogP contribution is 2.41. The smallest absolute Gasteiger partial charge is 0.191 e. The van der Waals surface area contributed by atoms with Crippen LogP contribution in [0.25, 0.3) is 0 Å². The molecule has 1 saturated heterocycles. The standard InChI is InChI=1S/C20H32N4O/c1-3-21-20(22-9-6-10-24-11-13-25-14-12-24)23-19-15-18(19)17-8-5-4-7-16(17)2/h4-5,7-8,18-19H,3,6,9-15H2,1-2H3,(H2,21,22,23). The maximum Gasteiger partial charge on any atom is 0.191 e. The van der Waals surface area contributed by atoms with E-state index in [-0.39, 0.29) is 0 Å². The van der Waals surface area contributed by atoms with Crippen LogP contribution in [-0.4, -0.2) is 62.8 Å². The highest BCUT2D eigenvalue weighted by molar-refractivity contribution is 5.80. The fraction of sp³-hybridized carbons (Fsp3) is 0.650. The van der Waals surface area contributed by atoms with Crippen molar-refractivity contribution >= 4 is 5.96 Å². The second kappa shape index (κ2) is 9.20. The Kier molecular flexibility index (Phi) is 6.70. The first-order valence-corrected chi connectivity index (χ1v) is 9.68. The van der Waals surface area contributed by atoms with Gasteiger partial charge in [-0.15, -0.1) is 0 Å². The molecule has 1 heterocycles. The fourth-order valence-electron chi connectivity index (χ4n) is 3.51. The van der Waals surface area contributed by atoms with Gasteiger partial charge in [-0.2, -0.15) is 0 Å². The number of aryl methyl sites for hydroxylation is 1. The third-order valence-electron chi connectivity index (χ3n) is 5.05. The Morgan fingerprint density at radius 2 is 2.08 bits per heavy atom. The second-order valence-corrected chi connectivity index (χ2v) is 7.02. The summed E-state index contributed by atoms with van der Waals surface area (Å²) in [6, 6.07) is 9.23. The topological polar surface area (TPSA) is 48.9 Å². The highest BCUT2D eigenvalue weighted by atomic mass is 16.5. The predicted molar refractivity (Wildman–Crippen MR) is 103 cm³/mol. The minimum Gasteiger partial charge on any atom is -0.379 e. The molecule has 5 heteroatoms. The monoisotopic (exact) mass is 344 g/mol. The van der Waals surface area contributed by atoms with Gasteiger partial charge in [0.15, 0.2) is 5.96 Å². The van der Waals surface area contributed by atoms with E-state index in [9.17, 15) is 0 Å². The van der Waals surface area contributed by atoms with E-state index in [2.05, 4.69) is 53.6 Å². The van der Waals surface area contributed by atoms with Crippen molar-refractivity contribution in [3.8, 4) is 0 Å². The van der Waals surface area contributed by atoms with Gasteiger partial charge in [0, 0.05) is 44.7 Å². The first-order chi connectivity index (χ1) is 12.3. The van der Waals surface area contributed by atoms with Gasteiger partial charge in [0.2, 0.25) is 0 Å². The summed E-state index contributed by atoms with van der Waals surface area (Å²) in [5.41, 5.74) is 2.87. The molecule has 0 spiro atoms. The van der Waals surface area contributed by atoms with Gasteiger partial charge in [0.05, 0.1) is 13.2 Å². The first kappa shape index (κ1) is 18.2. The number of hydrogen-bond donors (Lipinski definition) is 2. The van der Waals surface area contributed by atoms with E-state index in [1.165, 1.54) is 17.5 Å². The Morgan fingerprint density at radius 1 is 1.28 bits per heavy atom. The minimum atomic E-state index is 0.512. The van der Waals surface area contributed by atoms with E-state index in [1.54, 1.807) is 0 Å². The maximum atomic E-state index is 5.39. The third-order valence-corrected chi connectivity index (χ3v) is 5.05. The molecule has 2 fully saturated rings. The summed E-state index contributed by atoms with van der Waals surface area (Å²) in [5.74, 6) is 1.59. The normalized spacial score (nSPS) is 24.2. The molecule has 2 N–H and O–H groups in total. The van der Waals surface area contributed by atoms with Crippen molar-refractivity contribution in [1.29, 1.82) is 0 Å². The van der Waals surface area contributed by atoms with Crippen LogP contribution in [0.5, 0.6) is 0 Å². The van der Waals surface area contributed by atoms with Crippen LogP contribution in [0.4, 0.5) is 0 Å². The summed E-state index contributed by atoms with van der Waals surface area (Å²) in [4.78, 5) is 7.23. The minimum absolute atomic E-state index is 0.512. The first-order valence-electron chi connectivity index (χ1n) is 9.68. The van der Waals surface area contributed by atoms with Crippen LogP contribution in [-0.2, 0) is 4.74 Å². The number of hydrogen-bond acceptors (Lipinski definition) is 3. The van der Waals surface area contributed by atoms with Crippen LogP contribution in [0, 0.1) is 6.92 Å². The highest BCUT2D eigenvalue weighted by Gasteiger charge is 2.39. The summed E-state index contributed by atoms with van der Waals surface area (Å²) in [5, 5.41) is 7.00. The van der Waals surface area contributed by atoms with Gasteiger partial charge in [-0.05, 0) is 37.8 Å². The SMILES string of the molecule is CCNC(=NCCCN1CCOCC1)NC1CC1c1ccccc1C. The average molecular weight is 345 g/mol. The van der Waals surface area contributed by atoms with E-state index in [0.29, 0.717) is 12.0 Å². The number of benzene rings is 1. The molecule has 1 aromatic rings. The van der Waals surface area contributed by atoms with Gasteiger partial charge < -0.3 is 15.4 Å². The molecular formula is C20H32N4O. The Labute approximate surface area is 151 Å². The zero-order chi connectivity index (χ0) is 17.5. The molecule has 3 rings (SSSR count). The van der Waals surface area contributed by atoms with E-state index >= 15 is 0 Å². The molecule has 0 aromatic heterocycles. The number of nitrogens with one attached hydrogen (secondary N) is 2. The number of aliphatic imine (C=N–C) groups is 1. The van der Waals surface area contributed by atoms with Crippen molar-refractivity contribution in [3.63, 3.8) is 0 Å². The van der Waals surface area contributed by atoms with Crippen molar-refractivity contribution in [2.24, 2.45) is 4.99 Å². The maximum absolute atomic E-state index is 5.39. The van der Waals surface area contributed by atoms with Gasteiger partial charge in [0.1, 0.15) is 0 Å². The summed E-state index contributed by atoms with van der Waals surface area (Å²) < 4.78 is 5.39. The van der Waals surface area contributed by atoms with Gasteiger partial charge in [-0.1, -0.05) is 24.3 Å². The Balaban J connectivity index is 1.44. The quantitative estimate of drug-likeness (QED) is 0.452. The largest absolute Gasteiger partial charge is 0.379 e. The molecule has 0 bridgehead atoms. The van der Waals surface area contributed by atoms with Gasteiger partial charge >= 0.3 is 0 Å². The zero-order valence-corrected chi connectivity index (χ0v) is 15.6. The molecule has 1 aromatic carbocycles. The zero-order valence-electron chi connectivity index (χ0n) is 15.6. The Hall–Kier alpha value is -1.59. The molecule has 0 amide bonds. The van der Waals surface area contributed by atoms with Crippen LogP contribution in [0.15, 0.2) is 29.3 Å². The molecule has 25 heavy (non-hydrogen) atoms. The molecule has 2 aliphatic rings. The molecule has 1 aliphatic heterocycles. The van der Waals surface area contributed by atoms with Gasteiger partial charge in [0.25, 0.3) is 0 Å². The third kappa shape index (κ3) is 5.44. The summed E-state index contributed by atoms with van der Waals surface area (Å²) >= 11 is 0. The van der Waals surface area contributed by atoms with Gasteiger partial charge in [-0.25, -0.2) is 0 Å². The van der Waals surface area contributed by atoms with Crippen molar-refractivity contribution in [2.75, 3.05) is 45.9 Å². The molecule has 2 atom stereocenters. The van der Waals surface area contributed by atoms with Crippen LogP contribution >= 0.6 is 0 Å². The average Bonchev–Trinajstić information content (AvgIpc) is 3.39. The van der Waals surface area contributed by atoms with Gasteiger partial charge in [-0.3, -0.25) is 9.89 Å². The Morgan fingerprint density at radius 3 is 2.84 bits per heavy atom. The molecule has 2 unspecified atom stereocenters. The lowest BCUT2D eigenvalue weighted by atomic mass is 10.0. The molecule has 1 saturated carbocycles. The van der Waals surface area contributed by atoms with Crippen LogP contribution in [0.2, 0.25) is 0 Å². The molecule has 1 aliphatic carbocycles. The number of nitrogens with zero attached hydrogens (tertiary/aromatic N) is 2. The summed E-state index contributed by atoms with van der Waals surface area (Å²) in [6.07, 6.45) is 2.30. The lowest BCUT2D eigenvalue weighted by Gasteiger charge is -2.26. The van der Waals surface area contributed by atoms with Crippen LogP contribution < -0.4 is 10.6 Å². The number of ether oxygens (including phenoxy) is 1. The predicted octanol–water partition coefficient (Wildman–Crippen LogP) is 2.13. The van der Waals surface area contributed by atoms with Crippen molar-refractivity contribution in [2.45, 2.75) is 38.6 Å². The van der Waals surface area contributed by atoms with E-state index < -0.39 is 0 Å². The number of rotatable bonds is 7. The Bertz CT molecular complexity index is 569. The lowest BCUT2D eigenvalue weighted by Crippen LogP contribution is -2.39. The van der Waals surface area contributed by atoms with Crippen LogP contribution in [0.3, 0.4) is 0 Å². The summed E-state index contributed by atoms with van der Waals surface area (Å²) in [6.45, 7) is 11.1.